The largest absolute Gasteiger partial charge is 0.503 e. The van der Waals surface area contributed by atoms with Crippen molar-refractivity contribution in [1.82, 2.24) is 9.97 Å². The van der Waals surface area contributed by atoms with Crippen LogP contribution in [0.5, 0.6) is 23.0 Å². The van der Waals surface area contributed by atoms with Crippen LogP contribution in [-0.2, 0) is 20.1 Å². The van der Waals surface area contributed by atoms with Crippen LogP contribution in [0.3, 0.4) is 0 Å². The van der Waals surface area contributed by atoms with Crippen LogP contribution in [0.25, 0.3) is 22.5 Å². The van der Waals surface area contributed by atoms with Gasteiger partial charge in [-0.25, -0.2) is 0 Å². The van der Waals surface area contributed by atoms with E-state index in [1.807, 2.05) is 85.1 Å². The molecule has 2 aromatic heterocycles. The second kappa shape index (κ2) is 11.5. The summed E-state index contributed by atoms with van der Waals surface area (Å²) in [5.74, 6) is 3.34. The summed E-state index contributed by atoms with van der Waals surface area (Å²) in [6.45, 7) is 2.13. The van der Waals surface area contributed by atoms with Crippen molar-refractivity contribution in [3.05, 3.63) is 139 Å². The van der Waals surface area contributed by atoms with Gasteiger partial charge in [0.05, 0.1) is 0 Å². The Kier molecular flexibility index (Phi) is 7.52. The zero-order valence-corrected chi connectivity index (χ0v) is 24.6. The maximum Gasteiger partial charge on any atom is 0.239 e. The monoisotopic (exact) mass is 707 g/mol. The van der Waals surface area contributed by atoms with Gasteiger partial charge < -0.3 is 19.4 Å². The van der Waals surface area contributed by atoms with E-state index in [1.54, 1.807) is 6.20 Å². The van der Waals surface area contributed by atoms with Gasteiger partial charge in [-0.15, -0.1) is 48.0 Å². The van der Waals surface area contributed by atoms with E-state index in [4.69, 9.17) is 9.47 Å². The van der Waals surface area contributed by atoms with Crippen molar-refractivity contribution in [2.24, 2.45) is 0 Å². The predicted octanol–water partition coefficient (Wildman–Crippen LogP) is 6.13. The van der Waals surface area contributed by atoms with E-state index in [2.05, 4.69) is 59.4 Å². The Hall–Kier alpha value is -4.51. The van der Waals surface area contributed by atoms with Gasteiger partial charge in [-0.2, -0.15) is 0 Å². The number of aromatic nitrogens is 2. The van der Waals surface area contributed by atoms with Crippen LogP contribution in [-0.4, -0.2) is 16.7 Å². The summed E-state index contributed by atoms with van der Waals surface area (Å²) in [6.07, 6.45) is 3.61. The minimum Gasteiger partial charge on any atom is -0.503 e. The van der Waals surface area contributed by atoms with Crippen LogP contribution in [0.2, 0.25) is 0 Å². The molecule has 0 saturated carbocycles. The Morgan fingerprint density at radius 2 is 1.37 bits per heavy atom. The van der Waals surface area contributed by atoms with Gasteiger partial charge in [0, 0.05) is 44.0 Å². The molecule has 8 rings (SSSR count). The SMILES string of the molecule is Cc1ccnc(-c2[c-]cc3c4c2Oc2ccccc2B4c2ccccc2O3)c1.[Ir].[c-]1ccccc1-c1ccccn1. The third-order valence-electron chi connectivity index (χ3n) is 7.09. The molecule has 0 amide bonds. The van der Waals surface area contributed by atoms with Crippen molar-refractivity contribution >= 4 is 23.1 Å². The van der Waals surface area contributed by atoms with Gasteiger partial charge in [0.15, 0.2) is 0 Å². The second-order valence-electron chi connectivity index (χ2n) is 9.69. The first-order valence-corrected chi connectivity index (χ1v) is 13.2. The number of hydrogen-bond acceptors (Lipinski definition) is 4. The van der Waals surface area contributed by atoms with Crippen molar-refractivity contribution in [3.8, 4) is 45.5 Å². The Morgan fingerprint density at radius 3 is 2.07 bits per heavy atom. The molecule has 4 nitrogen and oxygen atoms in total. The van der Waals surface area contributed by atoms with Gasteiger partial charge in [-0.3, -0.25) is 0 Å². The molecule has 4 heterocycles. The molecule has 2 aliphatic rings. The molecule has 1 radical (unpaired) electrons. The Bertz CT molecular complexity index is 1780. The zero-order chi connectivity index (χ0) is 26.9. The Balaban J connectivity index is 0.000000196. The fourth-order valence-electron chi connectivity index (χ4n) is 5.26. The number of hydrogen-bond donors (Lipinski definition) is 0. The average molecular weight is 707 g/mol. The number of benzene rings is 4. The number of rotatable bonds is 2. The van der Waals surface area contributed by atoms with Crippen molar-refractivity contribution in [1.29, 1.82) is 0 Å². The first-order valence-electron chi connectivity index (χ1n) is 13.2. The molecular weight excluding hydrogens is 683 g/mol. The zero-order valence-electron chi connectivity index (χ0n) is 22.2. The number of nitrogens with zero attached hydrogens (tertiary/aromatic N) is 2. The molecule has 6 aromatic rings. The minimum absolute atomic E-state index is 0. The molecule has 0 N–H and O–H groups in total. The topological polar surface area (TPSA) is 44.2 Å². The molecule has 2 aliphatic heterocycles. The van der Waals surface area contributed by atoms with E-state index >= 15 is 0 Å². The van der Waals surface area contributed by atoms with E-state index in [-0.39, 0.29) is 26.8 Å². The average Bonchev–Trinajstić information content (AvgIpc) is 3.02. The number of ether oxygens (including phenoxy) is 2. The van der Waals surface area contributed by atoms with Gasteiger partial charge in [-0.1, -0.05) is 71.2 Å². The molecule has 6 heteroatoms. The molecule has 0 unspecified atom stereocenters. The third-order valence-corrected chi connectivity index (χ3v) is 7.09. The van der Waals surface area contributed by atoms with E-state index in [1.165, 1.54) is 0 Å². The molecule has 4 aromatic carbocycles. The summed E-state index contributed by atoms with van der Waals surface area (Å²) >= 11 is 0. The van der Waals surface area contributed by atoms with Crippen molar-refractivity contribution < 1.29 is 29.6 Å². The molecule has 0 fully saturated rings. The van der Waals surface area contributed by atoms with Crippen LogP contribution >= 0.6 is 0 Å². The minimum atomic E-state index is 0. The molecule has 199 valence electrons. The van der Waals surface area contributed by atoms with Crippen LogP contribution in [0.1, 0.15) is 5.56 Å². The van der Waals surface area contributed by atoms with Crippen molar-refractivity contribution in [2.45, 2.75) is 6.92 Å². The van der Waals surface area contributed by atoms with Crippen LogP contribution in [0.15, 0.2) is 122 Å². The normalized spacial score (nSPS) is 11.7. The molecular formula is C35H23BIrN2O2-2. The smallest absolute Gasteiger partial charge is 0.239 e. The summed E-state index contributed by atoms with van der Waals surface area (Å²) in [7, 11) is 0. The molecule has 0 spiro atoms. The van der Waals surface area contributed by atoms with E-state index in [9.17, 15) is 0 Å². The molecule has 0 aliphatic carbocycles. The molecule has 0 bridgehead atoms. The van der Waals surface area contributed by atoms with Gasteiger partial charge in [0.1, 0.15) is 11.5 Å². The summed E-state index contributed by atoms with van der Waals surface area (Å²) in [5.41, 5.74) is 8.24. The third kappa shape index (κ3) is 5.08. The van der Waals surface area contributed by atoms with E-state index in [0.29, 0.717) is 0 Å². The Morgan fingerprint density at radius 1 is 0.659 bits per heavy atom. The first kappa shape index (κ1) is 26.7. The fraction of sp³-hybridized carbons (Fsp3) is 0.0286. The van der Waals surface area contributed by atoms with Crippen molar-refractivity contribution in [2.75, 3.05) is 0 Å². The molecule has 41 heavy (non-hydrogen) atoms. The quantitative estimate of drug-likeness (QED) is 0.160. The molecule has 0 atom stereocenters. The van der Waals surface area contributed by atoms with Crippen LogP contribution in [0, 0.1) is 19.1 Å². The standard InChI is InChI=1S/C24H15BNO2.C11H8N.Ir/c1-15-12-13-26-19(14-15)16-10-11-22-23-24(16)28-21-9-5-3-7-18(21)25(23)17-6-2-4-8-20(17)27-22;1-2-6-10(7-3-1)11-8-4-5-9-12-11;/h2-9,11-14H,1H3;1-6,8-9H;/q2*-1;. The number of para-hydroxylation sites is 2. The van der Waals surface area contributed by atoms with Crippen LogP contribution < -0.4 is 25.9 Å². The summed E-state index contributed by atoms with van der Waals surface area (Å²) in [5, 5.41) is 0. The number of fused-ring (bicyclic) bond motifs is 4. The fourth-order valence-corrected chi connectivity index (χ4v) is 5.26. The maximum absolute atomic E-state index is 6.41. The molecule has 0 saturated heterocycles. The summed E-state index contributed by atoms with van der Waals surface area (Å²) in [6, 6.07) is 42.6. The Labute approximate surface area is 253 Å². The van der Waals surface area contributed by atoms with Gasteiger partial charge in [0.2, 0.25) is 6.71 Å². The van der Waals surface area contributed by atoms with Gasteiger partial charge in [0.25, 0.3) is 0 Å². The summed E-state index contributed by atoms with van der Waals surface area (Å²) < 4.78 is 12.6. The number of pyridine rings is 2. The van der Waals surface area contributed by atoms with Gasteiger partial charge in [-0.05, 0) is 53.5 Å². The van der Waals surface area contributed by atoms with Crippen LogP contribution in [0.4, 0.5) is 0 Å². The predicted molar refractivity (Wildman–Crippen MR) is 159 cm³/mol. The maximum atomic E-state index is 6.41. The first-order chi connectivity index (χ1) is 19.8. The van der Waals surface area contributed by atoms with E-state index in [0.717, 1.165) is 67.5 Å². The second-order valence-corrected chi connectivity index (χ2v) is 9.69. The summed E-state index contributed by atoms with van der Waals surface area (Å²) in [4.78, 5) is 8.78. The van der Waals surface area contributed by atoms with Crippen molar-refractivity contribution in [3.63, 3.8) is 0 Å². The number of aryl methyl sites for hydroxylation is 1. The van der Waals surface area contributed by atoms with Gasteiger partial charge >= 0.3 is 0 Å². The van der Waals surface area contributed by atoms with E-state index < -0.39 is 0 Å².